The molecule has 5 heteroatoms. The van der Waals surface area contributed by atoms with Gasteiger partial charge in [-0.1, -0.05) is 65.5 Å². The lowest BCUT2D eigenvalue weighted by Gasteiger charge is -2.60. The number of fused-ring (bicyclic) bond motifs is 5. The van der Waals surface area contributed by atoms with E-state index in [1.54, 1.807) is 5.01 Å². The first-order valence-electron chi connectivity index (χ1n) is 14.7. The van der Waals surface area contributed by atoms with Gasteiger partial charge in [0, 0.05) is 19.5 Å². The zero-order chi connectivity index (χ0) is 25.2. The molecule has 0 bridgehead atoms. The summed E-state index contributed by atoms with van der Waals surface area (Å²) in [5, 5.41) is 24.4. The monoisotopic (exact) mass is 486 g/mol. The second-order valence-corrected chi connectivity index (χ2v) is 14.0. The fourth-order valence-corrected chi connectivity index (χ4v) is 9.64. The van der Waals surface area contributed by atoms with Gasteiger partial charge in [-0.2, -0.15) is 0 Å². The molecule has 0 aromatic rings. The van der Waals surface area contributed by atoms with Crippen molar-refractivity contribution in [2.24, 2.45) is 46.3 Å². The highest BCUT2D eigenvalue weighted by Crippen LogP contribution is 2.68. The van der Waals surface area contributed by atoms with Crippen molar-refractivity contribution in [1.82, 2.24) is 10.0 Å². The molecule has 1 aliphatic heterocycles. The minimum absolute atomic E-state index is 0.112. The minimum atomic E-state index is -1.28. The average Bonchev–Trinajstić information content (AvgIpc) is 3.53. The van der Waals surface area contributed by atoms with Crippen molar-refractivity contribution >= 4 is 6.09 Å². The Balaban J connectivity index is 1.32. The molecule has 198 valence electrons. The second kappa shape index (κ2) is 9.04. The van der Waals surface area contributed by atoms with Gasteiger partial charge in [0.2, 0.25) is 0 Å². The van der Waals surface area contributed by atoms with Crippen LogP contribution in [0, 0.1) is 46.3 Å². The molecule has 4 unspecified atom stereocenters. The normalized spacial score (nSPS) is 43.7. The van der Waals surface area contributed by atoms with Gasteiger partial charge in [0.15, 0.2) is 5.72 Å². The molecular formula is C30H50N2O3. The molecule has 4 fully saturated rings. The molecule has 0 aromatic carbocycles. The van der Waals surface area contributed by atoms with Crippen molar-refractivity contribution in [3.63, 3.8) is 0 Å². The van der Waals surface area contributed by atoms with Crippen molar-refractivity contribution in [2.45, 2.75) is 111 Å². The summed E-state index contributed by atoms with van der Waals surface area (Å²) < 4.78 is 0. The Morgan fingerprint density at radius 2 is 1.83 bits per heavy atom. The molecule has 4 aliphatic carbocycles. The van der Waals surface area contributed by atoms with Gasteiger partial charge in [-0.25, -0.2) is 14.8 Å². The van der Waals surface area contributed by atoms with E-state index < -0.39 is 11.8 Å². The Morgan fingerprint density at radius 3 is 2.49 bits per heavy atom. The van der Waals surface area contributed by atoms with Gasteiger partial charge in [0.1, 0.15) is 0 Å². The molecule has 3 saturated carbocycles. The Labute approximate surface area is 213 Å². The average molecular weight is 487 g/mol. The van der Waals surface area contributed by atoms with Crippen LogP contribution in [0.15, 0.2) is 11.6 Å². The summed E-state index contributed by atoms with van der Waals surface area (Å²) in [5.74, 6) is 4.76. The minimum Gasteiger partial charge on any atom is -0.464 e. The first kappa shape index (κ1) is 25.6. The first-order chi connectivity index (χ1) is 16.5. The van der Waals surface area contributed by atoms with Gasteiger partial charge >= 0.3 is 6.09 Å². The number of hydrazine groups is 1. The van der Waals surface area contributed by atoms with Crippen LogP contribution in [-0.2, 0) is 0 Å². The van der Waals surface area contributed by atoms with Crippen LogP contribution in [0.2, 0.25) is 0 Å². The first-order valence-corrected chi connectivity index (χ1v) is 14.7. The van der Waals surface area contributed by atoms with Crippen LogP contribution in [-0.4, -0.2) is 45.1 Å². The largest absolute Gasteiger partial charge is 0.464 e. The Hall–Kier alpha value is -1.07. The van der Waals surface area contributed by atoms with Gasteiger partial charge in [0.05, 0.1) is 0 Å². The van der Waals surface area contributed by atoms with Crippen LogP contribution in [0.5, 0.6) is 0 Å². The third-order valence-electron chi connectivity index (χ3n) is 11.6. The molecule has 0 aromatic heterocycles. The van der Waals surface area contributed by atoms with Gasteiger partial charge in [-0.3, -0.25) is 0 Å². The summed E-state index contributed by atoms with van der Waals surface area (Å²) in [7, 11) is 0. The van der Waals surface area contributed by atoms with Crippen LogP contribution < -0.4 is 0 Å². The maximum absolute atomic E-state index is 12.0. The lowest BCUT2D eigenvalue weighted by Crippen LogP contribution is -2.59. The second-order valence-electron chi connectivity index (χ2n) is 14.0. The molecule has 1 heterocycles. The number of carbonyl (C=O) groups is 1. The van der Waals surface area contributed by atoms with Crippen LogP contribution in [0.3, 0.4) is 0 Å². The summed E-state index contributed by atoms with van der Waals surface area (Å²) >= 11 is 0. The van der Waals surface area contributed by atoms with E-state index in [2.05, 4.69) is 40.7 Å². The summed E-state index contributed by atoms with van der Waals surface area (Å²) in [6.45, 7) is 13.8. The zero-order valence-corrected chi connectivity index (χ0v) is 22.9. The van der Waals surface area contributed by atoms with E-state index >= 15 is 0 Å². The topological polar surface area (TPSA) is 63.8 Å². The van der Waals surface area contributed by atoms with Crippen molar-refractivity contribution < 1.29 is 15.0 Å². The molecule has 1 amide bonds. The summed E-state index contributed by atoms with van der Waals surface area (Å²) in [6, 6.07) is 0. The highest BCUT2D eigenvalue weighted by Gasteiger charge is 2.61. The van der Waals surface area contributed by atoms with E-state index in [0.29, 0.717) is 24.2 Å². The number of nitrogens with zero attached hydrogens (tertiary/aromatic N) is 2. The van der Waals surface area contributed by atoms with Crippen LogP contribution in [0.4, 0.5) is 4.79 Å². The van der Waals surface area contributed by atoms with Crippen molar-refractivity contribution in [3.05, 3.63) is 11.6 Å². The quantitative estimate of drug-likeness (QED) is 0.233. The van der Waals surface area contributed by atoms with Gasteiger partial charge in [-0.05, 0) is 91.3 Å². The molecule has 35 heavy (non-hydrogen) atoms. The molecular weight excluding hydrogens is 436 g/mol. The van der Waals surface area contributed by atoms with Crippen LogP contribution in [0.25, 0.3) is 0 Å². The fraction of sp³-hybridized carbons (Fsp3) is 0.900. The molecule has 5 aliphatic rings. The van der Waals surface area contributed by atoms with Gasteiger partial charge < -0.3 is 10.2 Å². The Kier molecular flexibility index (Phi) is 6.61. The van der Waals surface area contributed by atoms with E-state index in [4.69, 9.17) is 0 Å². The maximum Gasteiger partial charge on any atom is 0.424 e. The molecule has 2 N–H and O–H groups in total. The number of amides is 1. The predicted octanol–water partition coefficient (Wildman–Crippen LogP) is 6.93. The van der Waals surface area contributed by atoms with E-state index in [1.165, 1.54) is 55.5 Å². The Bertz CT molecular complexity index is 853. The number of rotatable bonds is 7. The predicted molar refractivity (Wildman–Crippen MR) is 139 cm³/mol. The van der Waals surface area contributed by atoms with Gasteiger partial charge in [-0.15, -0.1) is 0 Å². The molecule has 0 radical (unpaired) electrons. The maximum atomic E-state index is 12.0. The summed E-state index contributed by atoms with van der Waals surface area (Å²) in [5.41, 5.74) is 0.643. The van der Waals surface area contributed by atoms with Gasteiger partial charge in [0.25, 0.3) is 0 Å². The van der Waals surface area contributed by atoms with E-state index in [-0.39, 0.29) is 5.41 Å². The highest BCUT2D eigenvalue weighted by molar-refractivity contribution is 5.65. The summed E-state index contributed by atoms with van der Waals surface area (Å²) in [6.07, 6.45) is 14.0. The summed E-state index contributed by atoms with van der Waals surface area (Å²) in [4.78, 5) is 12.0. The molecule has 5 nitrogen and oxygen atoms in total. The van der Waals surface area contributed by atoms with E-state index in [1.807, 2.05) is 0 Å². The smallest absolute Gasteiger partial charge is 0.424 e. The molecule has 0 spiro atoms. The zero-order valence-electron chi connectivity index (χ0n) is 22.9. The van der Waals surface area contributed by atoms with Crippen molar-refractivity contribution in [3.8, 4) is 0 Å². The molecule has 5 rings (SSSR count). The number of hydrogen-bond acceptors (Lipinski definition) is 3. The number of aliphatic hydroxyl groups is 1. The number of carboxylic acid groups (broad SMARTS) is 1. The third-order valence-corrected chi connectivity index (χ3v) is 11.6. The fourth-order valence-electron chi connectivity index (χ4n) is 9.64. The lowest BCUT2D eigenvalue weighted by molar-refractivity contribution is -0.177. The van der Waals surface area contributed by atoms with Crippen LogP contribution >= 0.6 is 0 Å². The Morgan fingerprint density at radius 1 is 1.09 bits per heavy atom. The van der Waals surface area contributed by atoms with Crippen molar-refractivity contribution in [2.75, 3.05) is 13.1 Å². The molecule has 1 saturated heterocycles. The molecule has 8 atom stereocenters. The van der Waals surface area contributed by atoms with E-state index in [9.17, 15) is 15.0 Å². The lowest BCUT2D eigenvalue weighted by atomic mass is 9.46. The SMILES string of the molecule is CC(C)CCC[C@@H](C)[C@H]1CCC2C3CC=C4CC(O)(N(C(=O)O)N5CC5)CC[C@]4(C)C3CC[C@@]21C. The highest BCUT2D eigenvalue weighted by atomic mass is 16.4. The number of hydrogen-bond donors (Lipinski definition) is 2. The van der Waals surface area contributed by atoms with E-state index in [0.717, 1.165) is 55.5 Å². The standard InChI is InChI=1S/C30H50N2O3/c1-20(2)7-6-8-21(3)24-11-12-25-23-10-9-22-19-30(35,32(27(33)34)31-17-18-31)16-15-28(22,4)26(23)13-14-29(24,25)5/h9,20-21,23-26,35H,6-8,10-19H2,1-5H3,(H,33,34)/t21-,23?,24-,25?,26?,28+,29-,30?/m1/s1. The third kappa shape index (κ3) is 4.27. The number of allylic oxidation sites excluding steroid dienone is 1. The van der Waals surface area contributed by atoms with Crippen LogP contribution in [0.1, 0.15) is 105 Å². The van der Waals surface area contributed by atoms with Crippen molar-refractivity contribution in [1.29, 1.82) is 0 Å².